The van der Waals surface area contributed by atoms with Gasteiger partial charge in [0.25, 0.3) is 0 Å². The Morgan fingerprint density at radius 2 is 0.857 bits per heavy atom. The van der Waals surface area contributed by atoms with Crippen LogP contribution in [-0.2, 0) is 0 Å². The summed E-state index contributed by atoms with van der Waals surface area (Å²) in [5.41, 5.74) is 13.4. The zero-order valence-corrected chi connectivity index (χ0v) is 18.6. The summed E-state index contributed by atoms with van der Waals surface area (Å²) in [5, 5.41) is 0. The molecule has 2 heteroatoms. The lowest BCUT2D eigenvalue weighted by atomic mass is 9.48. The molecular weight excluding hydrogens is 340 g/mol. The van der Waals surface area contributed by atoms with E-state index in [0.29, 0.717) is 17.5 Å². The number of hydrogen-bond donors (Lipinski definition) is 2. The second-order valence-electron chi connectivity index (χ2n) is 11.4. The zero-order valence-electron chi connectivity index (χ0n) is 18.6. The molecule has 0 saturated heterocycles. The van der Waals surface area contributed by atoms with Crippen LogP contribution in [0.4, 0.5) is 0 Å². The van der Waals surface area contributed by atoms with Crippen LogP contribution in [0, 0.1) is 29.1 Å². The summed E-state index contributed by atoms with van der Waals surface area (Å²) >= 11 is 0. The molecule has 0 aromatic heterocycles. The summed E-state index contributed by atoms with van der Waals surface area (Å²) in [6, 6.07) is 0.963. The van der Waals surface area contributed by atoms with Gasteiger partial charge in [0.2, 0.25) is 0 Å². The third-order valence-corrected chi connectivity index (χ3v) is 9.80. The van der Waals surface area contributed by atoms with E-state index in [1.54, 1.807) is 6.42 Å². The Bertz CT molecular complexity index is 425. The van der Waals surface area contributed by atoms with Crippen LogP contribution in [0.5, 0.6) is 0 Å². The molecule has 0 aliphatic heterocycles. The van der Waals surface area contributed by atoms with Crippen LogP contribution in [0.25, 0.3) is 0 Å². The van der Waals surface area contributed by atoms with Crippen molar-refractivity contribution in [3.05, 3.63) is 0 Å². The number of rotatable bonds is 5. The molecule has 0 atom stereocenters. The molecule has 162 valence electrons. The highest BCUT2D eigenvalue weighted by atomic mass is 14.7. The van der Waals surface area contributed by atoms with Crippen LogP contribution in [0.1, 0.15) is 122 Å². The second kappa shape index (κ2) is 9.82. The van der Waals surface area contributed by atoms with Crippen LogP contribution in [0.15, 0.2) is 0 Å². The smallest absolute Gasteiger partial charge is 0.00390 e. The predicted octanol–water partition coefficient (Wildman–Crippen LogP) is 6.56. The molecule has 4 aliphatic carbocycles. The minimum Gasteiger partial charge on any atom is -0.328 e. The van der Waals surface area contributed by atoms with Crippen LogP contribution in [0.3, 0.4) is 0 Å². The largest absolute Gasteiger partial charge is 0.328 e. The average molecular weight is 389 g/mol. The van der Waals surface area contributed by atoms with Gasteiger partial charge in [-0.15, -0.1) is 0 Å². The lowest BCUT2D eigenvalue weighted by molar-refractivity contribution is -0.0725. The predicted molar refractivity (Wildman–Crippen MR) is 120 cm³/mol. The molecule has 0 bridgehead atoms. The normalized spacial score (nSPS) is 38.8. The number of nitrogens with two attached hydrogens (primary N) is 2. The quantitative estimate of drug-likeness (QED) is 0.560. The molecule has 0 aromatic carbocycles. The van der Waals surface area contributed by atoms with Gasteiger partial charge >= 0.3 is 0 Å². The van der Waals surface area contributed by atoms with E-state index in [1.807, 2.05) is 0 Å². The molecule has 0 unspecified atom stereocenters. The van der Waals surface area contributed by atoms with Crippen molar-refractivity contribution >= 4 is 0 Å². The molecule has 28 heavy (non-hydrogen) atoms. The summed E-state index contributed by atoms with van der Waals surface area (Å²) in [5.74, 6) is 3.93. The first-order valence-electron chi connectivity index (χ1n) is 13.2. The lowest BCUT2D eigenvalue weighted by Crippen LogP contribution is -2.50. The van der Waals surface area contributed by atoms with Crippen molar-refractivity contribution in [1.29, 1.82) is 0 Å². The van der Waals surface area contributed by atoms with E-state index in [2.05, 4.69) is 0 Å². The van der Waals surface area contributed by atoms with Gasteiger partial charge in [-0.3, -0.25) is 0 Å². The maximum Gasteiger partial charge on any atom is 0.00390 e. The Hall–Kier alpha value is -0.0800. The van der Waals surface area contributed by atoms with Gasteiger partial charge in [-0.2, -0.15) is 0 Å². The highest BCUT2D eigenvalue weighted by molar-refractivity contribution is 5.02. The van der Waals surface area contributed by atoms with Crippen molar-refractivity contribution in [2.24, 2.45) is 40.6 Å². The molecule has 0 radical (unpaired) electrons. The Morgan fingerprint density at radius 3 is 1.32 bits per heavy atom. The van der Waals surface area contributed by atoms with E-state index in [-0.39, 0.29) is 0 Å². The average Bonchev–Trinajstić information content (AvgIpc) is 2.75. The fraction of sp³-hybridized carbons (Fsp3) is 1.00. The van der Waals surface area contributed by atoms with Gasteiger partial charge in [0.15, 0.2) is 0 Å². The molecule has 0 aromatic rings. The topological polar surface area (TPSA) is 52.0 Å². The van der Waals surface area contributed by atoms with E-state index < -0.39 is 0 Å². The van der Waals surface area contributed by atoms with Gasteiger partial charge in [-0.25, -0.2) is 0 Å². The third kappa shape index (κ3) is 4.64. The van der Waals surface area contributed by atoms with Crippen LogP contribution in [-0.4, -0.2) is 12.1 Å². The fourth-order valence-electron chi connectivity index (χ4n) is 8.34. The van der Waals surface area contributed by atoms with Gasteiger partial charge in [-0.1, -0.05) is 51.4 Å². The van der Waals surface area contributed by atoms with Crippen LogP contribution in [0.2, 0.25) is 0 Å². The lowest BCUT2D eigenvalue weighted by Gasteiger charge is -2.57. The summed E-state index contributed by atoms with van der Waals surface area (Å²) in [6.45, 7) is 0. The van der Waals surface area contributed by atoms with E-state index in [0.717, 1.165) is 23.7 Å². The molecule has 0 amide bonds. The summed E-state index contributed by atoms with van der Waals surface area (Å²) in [4.78, 5) is 0. The zero-order chi connectivity index (χ0) is 19.4. The second-order valence-corrected chi connectivity index (χ2v) is 11.4. The van der Waals surface area contributed by atoms with Crippen LogP contribution < -0.4 is 11.5 Å². The SMILES string of the molecule is NC1CCC(C(CC2CCCCC2)(C2CCCCC2)C2CCC(N)CC2)CC1. The minimum atomic E-state index is 0.481. The molecule has 2 nitrogen and oxygen atoms in total. The van der Waals surface area contributed by atoms with Crippen LogP contribution >= 0.6 is 0 Å². The standard InChI is InChI=1S/C26H48N2/c27-24-15-11-22(12-16-24)26(21-9-5-2-6-10-21,19-20-7-3-1-4-8-20)23-13-17-25(28)18-14-23/h20-25H,1-19,27-28H2. The summed E-state index contributed by atoms with van der Waals surface area (Å²) < 4.78 is 0. The summed E-state index contributed by atoms with van der Waals surface area (Å²) in [6.07, 6.45) is 27.5. The van der Waals surface area contributed by atoms with E-state index >= 15 is 0 Å². The maximum absolute atomic E-state index is 6.38. The van der Waals surface area contributed by atoms with Crippen molar-refractivity contribution in [2.45, 2.75) is 134 Å². The monoisotopic (exact) mass is 388 g/mol. The Kier molecular flexibility index (Phi) is 7.42. The number of hydrogen-bond acceptors (Lipinski definition) is 2. The Balaban J connectivity index is 1.64. The molecule has 4 saturated carbocycles. The summed E-state index contributed by atoms with van der Waals surface area (Å²) in [7, 11) is 0. The molecule has 4 fully saturated rings. The molecule has 0 spiro atoms. The van der Waals surface area contributed by atoms with Gasteiger partial charge in [0.05, 0.1) is 0 Å². The molecule has 4 N–H and O–H groups in total. The first-order chi connectivity index (χ1) is 13.7. The Morgan fingerprint density at radius 1 is 0.464 bits per heavy atom. The van der Waals surface area contributed by atoms with E-state index in [4.69, 9.17) is 11.5 Å². The van der Waals surface area contributed by atoms with Gasteiger partial charge in [-0.05, 0) is 99.7 Å². The molecule has 4 rings (SSSR count). The highest BCUT2D eigenvalue weighted by Crippen LogP contribution is 2.60. The first-order valence-corrected chi connectivity index (χ1v) is 13.2. The first kappa shape index (κ1) is 21.2. The highest BCUT2D eigenvalue weighted by Gasteiger charge is 2.51. The molecule has 4 aliphatic rings. The van der Waals surface area contributed by atoms with Gasteiger partial charge in [0, 0.05) is 12.1 Å². The minimum absolute atomic E-state index is 0.481. The third-order valence-electron chi connectivity index (χ3n) is 9.80. The maximum atomic E-state index is 6.38. The van der Waals surface area contributed by atoms with Gasteiger partial charge in [0.1, 0.15) is 0 Å². The van der Waals surface area contributed by atoms with Crippen molar-refractivity contribution in [2.75, 3.05) is 0 Å². The van der Waals surface area contributed by atoms with Crippen molar-refractivity contribution in [3.8, 4) is 0 Å². The fourth-order valence-corrected chi connectivity index (χ4v) is 8.34. The Labute approximate surface area is 175 Å². The molecule has 0 heterocycles. The van der Waals surface area contributed by atoms with Crippen molar-refractivity contribution in [1.82, 2.24) is 0 Å². The molecular formula is C26H48N2. The van der Waals surface area contributed by atoms with E-state index in [1.165, 1.54) is 116 Å². The van der Waals surface area contributed by atoms with Crippen molar-refractivity contribution in [3.63, 3.8) is 0 Å². The van der Waals surface area contributed by atoms with Crippen molar-refractivity contribution < 1.29 is 0 Å². The van der Waals surface area contributed by atoms with Gasteiger partial charge < -0.3 is 11.5 Å². The van der Waals surface area contributed by atoms with E-state index in [9.17, 15) is 0 Å².